The molecule has 0 heterocycles. The Bertz CT molecular complexity index is 654. The summed E-state index contributed by atoms with van der Waals surface area (Å²) in [4.78, 5) is 11.9. The minimum atomic E-state index is 0. The molecule has 24 heavy (non-hydrogen) atoms. The molecule has 0 spiro atoms. The number of amides is 1. The Balaban J connectivity index is 0.00000288. The molecule has 0 atom stereocenters. The molecular weight excluding hydrogens is 324 g/mol. The molecule has 2 aromatic rings. The summed E-state index contributed by atoms with van der Waals surface area (Å²) in [6.07, 6.45) is 1.08. The van der Waals surface area contributed by atoms with Crippen LogP contribution in [-0.2, 0) is 11.2 Å². The number of carbonyl (C=O) groups is 1. The second kappa shape index (κ2) is 9.83. The first kappa shape index (κ1) is 19.8. The summed E-state index contributed by atoms with van der Waals surface area (Å²) in [5.41, 5.74) is 9.83. The maximum Gasteiger partial charge on any atom is 0.220 e. The van der Waals surface area contributed by atoms with Crippen molar-refractivity contribution in [1.82, 2.24) is 5.32 Å². The van der Waals surface area contributed by atoms with Gasteiger partial charge in [0.2, 0.25) is 5.91 Å². The fraction of sp³-hybridized carbons (Fsp3) is 0.316. The van der Waals surface area contributed by atoms with Crippen molar-refractivity contribution in [2.24, 2.45) is 0 Å². The highest BCUT2D eigenvalue weighted by Crippen LogP contribution is 2.21. The molecule has 0 unspecified atom stereocenters. The fourth-order valence-electron chi connectivity index (χ4n) is 2.47. The van der Waals surface area contributed by atoms with Crippen LogP contribution >= 0.6 is 12.4 Å². The minimum Gasteiger partial charge on any atom is -0.491 e. The number of hydrogen-bond donors (Lipinski definition) is 2. The van der Waals surface area contributed by atoms with E-state index < -0.39 is 0 Å². The van der Waals surface area contributed by atoms with Crippen molar-refractivity contribution in [3.63, 3.8) is 0 Å². The van der Waals surface area contributed by atoms with Gasteiger partial charge in [-0.15, -0.1) is 12.4 Å². The smallest absolute Gasteiger partial charge is 0.220 e. The zero-order valence-corrected chi connectivity index (χ0v) is 15.0. The quantitative estimate of drug-likeness (QED) is 0.595. The maximum absolute atomic E-state index is 11.9. The number of nitrogens with one attached hydrogen (secondary N) is 1. The number of para-hydroxylation sites is 2. The number of nitrogen functional groups attached to an aromatic ring is 1. The first-order chi connectivity index (χ1) is 11.1. The Morgan fingerprint density at radius 3 is 2.42 bits per heavy atom. The Morgan fingerprint density at radius 1 is 1.08 bits per heavy atom. The van der Waals surface area contributed by atoms with Crippen molar-refractivity contribution < 1.29 is 9.53 Å². The summed E-state index contributed by atoms with van der Waals surface area (Å²) in [5, 5.41) is 2.88. The van der Waals surface area contributed by atoms with Crippen molar-refractivity contribution in [3.05, 3.63) is 59.2 Å². The lowest BCUT2D eigenvalue weighted by Gasteiger charge is -2.12. The van der Waals surface area contributed by atoms with Crippen LogP contribution in [0.15, 0.2) is 42.5 Å². The maximum atomic E-state index is 11.9. The monoisotopic (exact) mass is 348 g/mol. The highest BCUT2D eigenvalue weighted by Gasteiger charge is 2.05. The molecule has 0 aromatic heterocycles. The van der Waals surface area contributed by atoms with Gasteiger partial charge in [0.05, 0.1) is 6.54 Å². The Kier molecular flexibility index (Phi) is 8.13. The van der Waals surface area contributed by atoms with Gasteiger partial charge in [0.1, 0.15) is 12.4 Å². The van der Waals surface area contributed by atoms with Gasteiger partial charge >= 0.3 is 0 Å². The highest BCUT2D eigenvalue weighted by atomic mass is 35.5. The molecule has 2 aromatic carbocycles. The number of nitrogens with two attached hydrogens (primary N) is 1. The predicted molar refractivity (Wildman–Crippen MR) is 101 cm³/mol. The third kappa shape index (κ3) is 5.78. The van der Waals surface area contributed by atoms with E-state index in [0.29, 0.717) is 26.0 Å². The largest absolute Gasteiger partial charge is 0.491 e. The van der Waals surface area contributed by atoms with Gasteiger partial charge in [0, 0.05) is 12.1 Å². The van der Waals surface area contributed by atoms with Crippen molar-refractivity contribution in [2.75, 3.05) is 18.9 Å². The molecule has 1 amide bonds. The van der Waals surface area contributed by atoms with E-state index in [0.717, 1.165) is 28.1 Å². The number of halogens is 1. The predicted octanol–water partition coefficient (Wildman–Crippen LogP) is 3.44. The van der Waals surface area contributed by atoms with Crippen LogP contribution in [0.4, 0.5) is 5.69 Å². The number of ether oxygens (including phenoxy) is 1. The van der Waals surface area contributed by atoms with E-state index in [2.05, 4.69) is 5.32 Å². The second-order valence-corrected chi connectivity index (χ2v) is 5.62. The zero-order chi connectivity index (χ0) is 16.7. The molecule has 0 radical (unpaired) electrons. The third-order valence-electron chi connectivity index (χ3n) is 3.76. The van der Waals surface area contributed by atoms with E-state index in [9.17, 15) is 4.79 Å². The van der Waals surface area contributed by atoms with Crippen molar-refractivity contribution >= 4 is 24.0 Å². The molecule has 0 aliphatic rings. The molecular formula is C19H25ClN2O2. The van der Waals surface area contributed by atoms with Crippen molar-refractivity contribution in [2.45, 2.75) is 26.7 Å². The first-order valence-corrected chi connectivity index (χ1v) is 7.87. The molecule has 5 heteroatoms. The summed E-state index contributed by atoms with van der Waals surface area (Å²) in [5.74, 6) is 0.914. The van der Waals surface area contributed by atoms with Gasteiger partial charge in [0.15, 0.2) is 0 Å². The number of anilines is 1. The van der Waals surface area contributed by atoms with Gasteiger partial charge in [-0.05, 0) is 43.0 Å². The molecule has 4 nitrogen and oxygen atoms in total. The van der Waals surface area contributed by atoms with Crippen molar-refractivity contribution in [3.8, 4) is 5.75 Å². The van der Waals surface area contributed by atoms with E-state index in [-0.39, 0.29) is 18.3 Å². The first-order valence-electron chi connectivity index (χ1n) is 7.87. The molecule has 2 rings (SSSR count). The van der Waals surface area contributed by atoms with Gasteiger partial charge in [-0.1, -0.05) is 36.4 Å². The minimum absolute atomic E-state index is 0. The molecule has 0 bridgehead atoms. The number of hydrogen-bond acceptors (Lipinski definition) is 3. The van der Waals surface area contributed by atoms with Crippen LogP contribution in [0.3, 0.4) is 0 Å². The van der Waals surface area contributed by atoms with Gasteiger partial charge in [0.25, 0.3) is 0 Å². The average molecular weight is 349 g/mol. The number of aryl methyl sites for hydroxylation is 3. The van der Waals surface area contributed by atoms with E-state index in [4.69, 9.17) is 10.5 Å². The van der Waals surface area contributed by atoms with E-state index in [1.54, 1.807) is 0 Å². The van der Waals surface area contributed by atoms with Crippen LogP contribution in [-0.4, -0.2) is 19.1 Å². The normalized spacial score (nSPS) is 9.92. The number of rotatable bonds is 7. The van der Waals surface area contributed by atoms with Gasteiger partial charge in [-0.2, -0.15) is 0 Å². The third-order valence-corrected chi connectivity index (χ3v) is 3.76. The summed E-state index contributed by atoms with van der Waals surface area (Å²) in [7, 11) is 0. The van der Waals surface area contributed by atoms with Crippen LogP contribution in [0.2, 0.25) is 0 Å². The highest BCUT2D eigenvalue weighted by molar-refractivity contribution is 5.85. The molecule has 3 N–H and O–H groups in total. The summed E-state index contributed by atoms with van der Waals surface area (Å²) < 4.78 is 5.77. The van der Waals surface area contributed by atoms with Crippen LogP contribution in [0.1, 0.15) is 23.1 Å². The van der Waals surface area contributed by atoms with Gasteiger partial charge in [-0.25, -0.2) is 0 Å². The zero-order valence-electron chi connectivity index (χ0n) is 14.2. The Labute approximate surface area is 149 Å². The SMILES string of the molecule is Cc1cccc(C)c1OCCNC(=O)CCc1ccccc1N.Cl. The van der Waals surface area contributed by atoms with E-state index in [1.165, 1.54) is 0 Å². The summed E-state index contributed by atoms with van der Waals surface area (Å²) in [6, 6.07) is 13.7. The lowest BCUT2D eigenvalue weighted by atomic mass is 10.1. The summed E-state index contributed by atoms with van der Waals surface area (Å²) in [6.45, 7) is 5.00. The van der Waals surface area contributed by atoms with Crippen molar-refractivity contribution in [1.29, 1.82) is 0 Å². The number of benzene rings is 2. The lowest BCUT2D eigenvalue weighted by molar-refractivity contribution is -0.121. The Morgan fingerprint density at radius 2 is 1.75 bits per heavy atom. The van der Waals surface area contributed by atoms with E-state index >= 15 is 0 Å². The second-order valence-electron chi connectivity index (χ2n) is 5.62. The standard InChI is InChI=1S/C19H24N2O2.ClH/c1-14-6-5-7-15(2)19(14)23-13-12-21-18(22)11-10-16-8-3-4-9-17(16)20;/h3-9H,10-13,20H2,1-2H3,(H,21,22);1H. The van der Waals surface area contributed by atoms with E-state index in [1.807, 2.05) is 56.3 Å². The summed E-state index contributed by atoms with van der Waals surface area (Å²) >= 11 is 0. The van der Waals surface area contributed by atoms with Crippen LogP contribution in [0.5, 0.6) is 5.75 Å². The van der Waals surface area contributed by atoms with Crippen LogP contribution < -0.4 is 15.8 Å². The van der Waals surface area contributed by atoms with Gasteiger partial charge in [-0.3, -0.25) is 4.79 Å². The molecule has 0 aliphatic carbocycles. The molecule has 0 aliphatic heterocycles. The van der Waals surface area contributed by atoms with Crippen LogP contribution in [0.25, 0.3) is 0 Å². The number of carbonyl (C=O) groups excluding carboxylic acids is 1. The Hall–Kier alpha value is -2.20. The molecule has 0 saturated carbocycles. The average Bonchev–Trinajstić information content (AvgIpc) is 2.53. The van der Waals surface area contributed by atoms with Gasteiger partial charge < -0.3 is 15.8 Å². The molecule has 0 saturated heterocycles. The molecule has 130 valence electrons. The fourth-order valence-corrected chi connectivity index (χ4v) is 2.47. The topological polar surface area (TPSA) is 64.3 Å². The molecule has 0 fully saturated rings. The lowest BCUT2D eigenvalue weighted by Crippen LogP contribution is -2.28. The van der Waals surface area contributed by atoms with Crippen LogP contribution in [0, 0.1) is 13.8 Å².